The molecular formula is C14H28N2O4. The van der Waals surface area contributed by atoms with E-state index in [0.717, 1.165) is 12.8 Å². The van der Waals surface area contributed by atoms with Gasteiger partial charge in [-0.1, -0.05) is 13.3 Å². The van der Waals surface area contributed by atoms with Crippen LogP contribution in [0.5, 0.6) is 0 Å². The van der Waals surface area contributed by atoms with Crippen LogP contribution < -0.4 is 10.6 Å². The van der Waals surface area contributed by atoms with Gasteiger partial charge in [-0.2, -0.15) is 0 Å². The summed E-state index contributed by atoms with van der Waals surface area (Å²) in [5.41, 5.74) is 0. The van der Waals surface area contributed by atoms with Gasteiger partial charge in [0.25, 0.3) is 0 Å². The van der Waals surface area contributed by atoms with Crippen molar-refractivity contribution in [3.8, 4) is 0 Å². The number of carboxylic acids is 1. The van der Waals surface area contributed by atoms with Crippen molar-refractivity contribution in [2.24, 2.45) is 5.92 Å². The molecular weight excluding hydrogens is 260 g/mol. The first kappa shape index (κ1) is 18.9. The van der Waals surface area contributed by atoms with Crippen molar-refractivity contribution in [2.45, 2.75) is 52.1 Å². The minimum Gasteiger partial charge on any atom is -0.481 e. The topological polar surface area (TPSA) is 87.7 Å². The Morgan fingerprint density at radius 3 is 2.40 bits per heavy atom. The standard InChI is InChI=1S/C14H28N2O4/c1-10(14(18)19)6-5-7-11(2)16-12(3)13(17)15-8-9-20-4/h10-12,16H,5-9H2,1-4H3,(H,15,17)(H,18,19). The number of carboxylic acid groups (broad SMARTS) is 1. The van der Waals surface area contributed by atoms with Crippen molar-refractivity contribution in [1.82, 2.24) is 10.6 Å². The molecule has 1 amide bonds. The number of ether oxygens (including phenoxy) is 1. The maximum atomic E-state index is 11.7. The molecule has 0 aromatic rings. The zero-order chi connectivity index (χ0) is 15.5. The van der Waals surface area contributed by atoms with Crippen LogP contribution in [0.4, 0.5) is 0 Å². The van der Waals surface area contributed by atoms with Crippen LogP contribution in [0.3, 0.4) is 0 Å². The molecule has 20 heavy (non-hydrogen) atoms. The second-order valence-corrected chi connectivity index (χ2v) is 5.24. The van der Waals surface area contributed by atoms with E-state index in [1.54, 1.807) is 14.0 Å². The Labute approximate surface area is 121 Å². The largest absolute Gasteiger partial charge is 0.481 e. The summed E-state index contributed by atoms with van der Waals surface area (Å²) in [4.78, 5) is 22.4. The zero-order valence-electron chi connectivity index (χ0n) is 12.9. The summed E-state index contributed by atoms with van der Waals surface area (Å²) in [5, 5.41) is 14.8. The molecule has 0 saturated carbocycles. The molecule has 6 nitrogen and oxygen atoms in total. The Morgan fingerprint density at radius 1 is 1.20 bits per heavy atom. The summed E-state index contributed by atoms with van der Waals surface area (Å²) in [5.74, 6) is -1.11. The molecule has 3 unspecified atom stereocenters. The molecule has 0 aromatic heterocycles. The van der Waals surface area contributed by atoms with Gasteiger partial charge >= 0.3 is 5.97 Å². The normalized spacial score (nSPS) is 15.4. The van der Waals surface area contributed by atoms with Gasteiger partial charge in [-0.3, -0.25) is 9.59 Å². The number of methoxy groups -OCH3 is 1. The number of carbonyl (C=O) groups is 2. The van der Waals surface area contributed by atoms with Gasteiger partial charge in [-0.25, -0.2) is 0 Å². The molecule has 0 fully saturated rings. The number of aliphatic carboxylic acids is 1. The first-order valence-corrected chi connectivity index (χ1v) is 7.14. The quantitative estimate of drug-likeness (QED) is 0.494. The number of rotatable bonds is 11. The number of carbonyl (C=O) groups excluding carboxylic acids is 1. The van der Waals surface area contributed by atoms with E-state index in [1.807, 2.05) is 13.8 Å². The number of hydrogen-bond donors (Lipinski definition) is 3. The Morgan fingerprint density at radius 2 is 1.85 bits per heavy atom. The highest BCUT2D eigenvalue weighted by Crippen LogP contribution is 2.09. The molecule has 0 rings (SSSR count). The van der Waals surface area contributed by atoms with E-state index in [1.165, 1.54) is 0 Å². The fourth-order valence-electron chi connectivity index (χ4n) is 1.87. The van der Waals surface area contributed by atoms with E-state index in [0.29, 0.717) is 19.6 Å². The summed E-state index contributed by atoms with van der Waals surface area (Å²) in [7, 11) is 1.59. The van der Waals surface area contributed by atoms with Crippen molar-refractivity contribution in [1.29, 1.82) is 0 Å². The minimum atomic E-state index is -0.753. The summed E-state index contributed by atoms with van der Waals surface area (Å²) in [6.45, 7) is 6.54. The molecule has 0 bridgehead atoms. The van der Waals surface area contributed by atoms with E-state index < -0.39 is 5.97 Å². The Hall–Kier alpha value is -1.14. The third-order valence-electron chi connectivity index (χ3n) is 3.23. The van der Waals surface area contributed by atoms with E-state index in [2.05, 4.69) is 10.6 Å². The van der Waals surface area contributed by atoms with Gasteiger partial charge in [0.05, 0.1) is 18.6 Å². The van der Waals surface area contributed by atoms with E-state index >= 15 is 0 Å². The zero-order valence-corrected chi connectivity index (χ0v) is 12.9. The summed E-state index contributed by atoms with van der Waals surface area (Å²) < 4.78 is 4.86. The Balaban J connectivity index is 3.81. The van der Waals surface area contributed by atoms with Crippen LogP contribution in [0.15, 0.2) is 0 Å². The maximum Gasteiger partial charge on any atom is 0.306 e. The lowest BCUT2D eigenvalue weighted by molar-refractivity contribution is -0.141. The molecule has 0 aliphatic rings. The summed E-state index contributed by atoms with van der Waals surface area (Å²) >= 11 is 0. The number of amides is 1. The van der Waals surface area contributed by atoms with Gasteiger partial charge in [0.15, 0.2) is 0 Å². The molecule has 0 aliphatic heterocycles. The highest BCUT2D eigenvalue weighted by atomic mass is 16.5. The molecule has 0 saturated heterocycles. The Bertz CT molecular complexity index is 297. The lowest BCUT2D eigenvalue weighted by atomic mass is 10.0. The van der Waals surface area contributed by atoms with E-state index in [9.17, 15) is 9.59 Å². The maximum absolute atomic E-state index is 11.7. The first-order valence-electron chi connectivity index (χ1n) is 7.14. The van der Waals surface area contributed by atoms with Crippen molar-refractivity contribution in [3.05, 3.63) is 0 Å². The lowest BCUT2D eigenvalue weighted by Gasteiger charge is -2.20. The van der Waals surface area contributed by atoms with Crippen LogP contribution >= 0.6 is 0 Å². The van der Waals surface area contributed by atoms with E-state index in [4.69, 9.17) is 9.84 Å². The average Bonchev–Trinajstić information content (AvgIpc) is 2.38. The fourth-order valence-corrected chi connectivity index (χ4v) is 1.87. The molecule has 3 atom stereocenters. The first-order chi connectivity index (χ1) is 9.38. The smallest absolute Gasteiger partial charge is 0.306 e. The molecule has 3 N–H and O–H groups in total. The molecule has 0 radical (unpaired) electrons. The lowest BCUT2D eigenvalue weighted by Crippen LogP contribution is -2.46. The molecule has 0 heterocycles. The third kappa shape index (κ3) is 8.87. The summed E-state index contributed by atoms with van der Waals surface area (Å²) in [6, 6.07) is -0.0853. The monoisotopic (exact) mass is 288 g/mol. The predicted molar refractivity (Wildman–Crippen MR) is 77.6 cm³/mol. The van der Waals surface area contributed by atoms with Crippen molar-refractivity contribution >= 4 is 11.9 Å². The van der Waals surface area contributed by atoms with Crippen molar-refractivity contribution in [2.75, 3.05) is 20.3 Å². The molecule has 118 valence electrons. The highest BCUT2D eigenvalue weighted by Gasteiger charge is 2.15. The van der Waals surface area contributed by atoms with Crippen molar-refractivity contribution in [3.63, 3.8) is 0 Å². The molecule has 0 spiro atoms. The SMILES string of the molecule is COCCNC(=O)C(C)NC(C)CCCC(C)C(=O)O. The van der Waals surface area contributed by atoms with Crippen LogP contribution in [-0.4, -0.2) is 49.3 Å². The highest BCUT2D eigenvalue weighted by molar-refractivity contribution is 5.81. The third-order valence-corrected chi connectivity index (χ3v) is 3.23. The van der Waals surface area contributed by atoms with Crippen LogP contribution in [0.1, 0.15) is 40.0 Å². The van der Waals surface area contributed by atoms with Gasteiger partial charge in [0.2, 0.25) is 5.91 Å². The Kier molecular flexibility index (Phi) is 10.0. The van der Waals surface area contributed by atoms with Gasteiger partial charge in [-0.05, 0) is 26.7 Å². The number of hydrogen-bond acceptors (Lipinski definition) is 4. The van der Waals surface area contributed by atoms with Gasteiger partial charge < -0.3 is 20.5 Å². The number of nitrogens with one attached hydrogen (secondary N) is 2. The molecule has 0 aromatic carbocycles. The summed E-state index contributed by atoms with van der Waals surface area (Å²) in [6.07, 6.45) is 2.35. The minimum absolute atomic E-state index is 0.0483. The fraction of sp³-hybridized carbons (Fsp3) is 0.857. The van der Waals surface area contributed by atoms with Gasteiger partial charge in [0, 0.05) is 19.7 Å². The van der Waals surface area contributed by atoms with Crippen LogP contribution in [0.2, 0.25) is 0 Å². The second-order valence-electron chi connectivity index (χ2n) is 5.24. The predicted octanol–water partition coefficient (Wildman–Crippen LogP) is 1.01. The van der Waals surface area contributed by atoms with Crippen LogP contribution in [-0.2, 0) is 14.3 Å². The molecule has 0 aliphatic carbocycles. The van der Waals surface area contributed by atoms with Crippen molar-refractivity contribution < 1.29 is 19.4 Å². The molecule has 6 heteroatoms. The average molecular weight is 288 g/mol. The van der Waals surface area contributed by atoms with Crippen LogP contribution in [0.25, 0.3) is 0 Å². The van der Waals surface area contributed by atoms with E-state index in [-0.39, 0.29) is 23.9 Å². The van der Waals surface area contributed by atoms with Gasteiger partial charge in [0.1, 0.15) is 0 Å². The van der Waals surface area contributed by atoms with Gasteiger partial charge in [-0.15, -0.1) is 0 Å². The van der Waals surface area contributed by atoms with Crippen LogP contribution in [0, 0.1) is 5.92 Å². The second kappa shape index (κ2) is 10.6.